The number of sulfonamides is 1. The van der Waals surface area contributed by atoms with Crippen LogP contribution < -0.4 is 10.1 Å². The van der Waals surface area contributed by atoms with E-state index in [0.717, 1.165) is 16.4 Å². The molecule has 6 nitrogen and oxygen atoms in total. The van der Waals surface area contributed by atoms with Crippen molar-refractivity contribution >= 4 is 22.4 Å². The molecule has 1 aliphatic rings. The molecule has 150 valence electrons. The molecule has 1 fully saturated rings. The molecule has 0 aliphatic carbocycles. The Morgan fingerprint density at radius 1 is 1.25 bits per heavy atom. The first-order valence-electron chi connectivity index (χ1n) is 8.14. The minimum absolute atomic E-state index is 0. The van der Waals surface area contributed by atoms with Crippen LogP contribution in [0, 0.1) is 23.0 Å². The summed E-state index contributed by atoms with van der Waals surface area (Å²) < 4.78 is 61.4. The maximum Gasteiger partial charge on any atom is 0.249 e. The summed E-state index contributed by atoms with van der Waals surface area (Å²) in [6.45, 7) is 0.632. The van der Waals surface area contributed by atoms with Crippen LogP contribution in [0.25, 0.3) is 0 Å². The highest BCUT2D eigenvalue weighted by atomic mass is 35.5. The van der Waals surface area contributed by atoms with Gasteiger partial charge in [-0.15, -0.1) is 12.4 Å². The van der Waals surface area contributed by atoms with Crippen molar-refractivity contribution < 1.29 is 21.9 Å². The molecular weight excluding hydrogens is 412 g/mol. The highest BCUT2D eigenvalue weighted by Crippen LogP contribution is 2.35. The second-order valence-electron chi connectivity index (χ2n) is 5.96. The maximum atomic E-state index is 14.4. The molecule has 1 heterocycles. The number of piperazine rings is 1. The molecule has 28 heavy (non-hydrogen) atoms. The second kappa shape index (κ2) is 8.84. The fourth-order valence-electron chi connectivity index (χ4n) is 3.17. The topological polar surface area (TPSA) is 82.4 Å². The zero-order chi connectivity index (χ0) is 19.6. The van der Waals surface area contributed by atoms with E-state index in [0.29, 0.717) is 17.9 Å². The van der Waals surface area contributed by atoms with E-state index < -0.39 is 32.6 Å². The van der Waals surface area contributed by atoms with Gasteiger partial charge in [0, 0.05) is 25.2 Å². The molecule has 1 atom stereocenters. The van der Waals surface area contributed by atoms with Gasteiger partial charge in [-0.05, 0) is 18.2 Å². The van der Waals surface area contributed by atoms with Gasteiger partial charge in [-0.25, -0.2) is 17.2 Å². The van der Waals surface area contributed by atoms with Gasteiger partial charge in [0.1, 0.15) is 17.4 Å². The zero-order valence-corrected chi connectivity index (χ0v) is 16.5. The van der Waals surface area contributed by atoms with Gasteiger partial charge in [-0.1, -0.05) is 18.2 Å². The van der Waals surface area contributed by atoms with Crippen LogP contribution in [-0.4, -0.2) is 39.5 Å². The zero-order valence-electron chi connectivity index (χ0n) is 14.9. The Kier molecular flexibility index (Phi) is 6.96. The van der Waals surface area contributed by atoms with E-state index in [1.165, 1.54) is 7.11 Å². The number of methoxy groups -OCH3 is 1. The van der Waals surface area contributed by atoms with Crippen LogP contribution in [0.1, 0.15) is 17.2 Å². The summed E-state index contributed by atoms with van der Waals surface area (Å²) in [6.07, 6.45) is 0. The molecule has 1 unspecified atom stereocenters. The van der Waals surface area contributed by atoms with Crippen LogP contribution in [0.5, 0.6) is 5.75 Å². The Balaban J connectivity index is 0.00000280. The predicted octanol–water partition coefficient (Wildman–Crippen LogP) is 2.60. The fourth-order valence-corrected chi connectivity index (χ4v) is 4.87. The number of para-hydroxylation sites is 1. The number of benzene rings is 2. The highest BCUT2D eigenvalue weighted by Gasteiger charge is 2.39. The van der Waals surface area contributed by atoms with Crippen LogP contribution in [-0.2, 0) is 10.0 Å². The van der Waals surface area contributed by atoms with E-state index in [4.69, 9.17) is 10.00 Å². The Labute approximate surface area is 168 Å². The number of rotatable bonds is 4. The number of hydrogen-bond acceptors (Lipinski definition) is 5. The average molecular weight is 430 g/mol. The molecule has 0 aromatic heterocycles. The SMILES string of the molecule is COc1ccccc1C1CNCCN1S(=O)(=O)c1c(F)cc(C#N)cc1F.Cl. The molecule has 1 saturated heterocycles. The number of halogens is 3. The Morgan fingerprint density at radius 3 is 2.50 bits per heavy atom. The number of ether oxygens (including phenoxy) is 1. The highest BCUT2D eigenvalue weighted by molar-refractivity contribution is 7.89. The summed E-state index contributed by atoms with van der Waals surface area (Å²) in [7, 11) is -3.03. The van der Waals surface area contributed by atoms with Gasteiger partial charge in [0.05, 0.1) is 24.8 Å². The molecular formula is C18H18ClF2N3O3S. The number of nitrogens with zero attached hydrogens (tertiary/aromatic N) is 2. The monoisotopic (exact) mass is 429 g/mol. The quantitative estimate of drug-likeness (QED) is 0.807. The van der Waals surface area contributed by atoms with Gasteiger partial charge in [-0.3, -0.25) is 0 Å². The van der Waals surface area contributed by atoms with Crippen LogP contribution in [0.3, 0.4) is 0 Å². The summed E-state index contributed by atoms with van der Waals surface area (Å²) in [5, 5.41) is 11.9. The lowest BCUT2D eigenvalue weighted by Crippen LogP contribution is -2.49. The first kappa shape index (κ1) is 22.0. The molecule has 2 aromatic carbocycles. The standard InChI is InChI=1S/C18H17F2N3O3S.ClH/c1-26-17-5-3-2-4-13(17)16-11-22-6-7-23(16)27(24,25)18-14(19)8-12(10-21)9-15(18)20;/h2-5,8-9,16,22H,6-7,11H2,1H3;1H. The van der Waals surface area contributed by atoms with E-state index in [2.05, 4.69) is 5.32 Å². The largest absolute Gasteiger partial charge is 0.496 e. The van der Waals surface area contributed by atoms with Crippen molar-refractivity contribution in [2.45, 2.75) is 10.9 Å². The third-order valence-corrected chi connectivity index (χ3v) is 6.35. The van der Waals surface area contributed by atoms with Crippen molar-refractivity contribution in [3.8, 4) is 11.8 Å². The molecule has 1 N–H and O–H groups in total. The normalized spacial score (nSPS) is 17.4. The summed E-state index contributed by atoms with van der Waals surface area (Å²) in [6, 6.07) is 9.23. The van der Waals surface area contributed by atoms with E-state index >= 15 is 0 Å². The van der Waals surface area contributed by atoms with Gasteiger partial charge in [0.15, 0.2) is 4.90 Å². The molecule has 2 aromatic rings. The van der Waals surface area contributed by atoms with Gasteiger partial charge in [0.25, 0.3) is 0 Å². The predicted molar refractivity (Wildman–Crippen MR) is 101 cm³/mol. The van der Waals surface area contributed by atoms with Crippen molar-refractivity contribution in [3.63, 3.8) is 0 Å². The Bertz CT molecular complexity index is 988. The first-order chi connectivity index (χ1) is 12.9. The summed E-state index contributed by atoms with van der Waals surface area (Å²) in [5.41, 5.74) is 0.302. The fraction of sp³-hybridized carbons (Fsp3) is 0.278. The van der Waals surface area contributed by atoms with Crippen LogP contribution in [0.2, 0.25) is 0 Å². The summed E-state index contributed by atoms with van der Waals surface area (Å²) in [5.74, 6) is -2.10. The lowest BCUT2D eigenvalue weighted by Gasteiger charge is -2.36. The second-order valence-corrected chi connectivity index (χ2v) is 7.79. The lowest BCUT2D eigenvalue weighted by molar-refractivity contribution is 0.263. The lowest BCUT2D eigenvalue weighted by atomic mass is 10.0. The van der Waals surface area contributed by atoms with Crippen LogP contribution >= 0.6 is 12.4 Å². The minimum atomic E-state index is -4.49. The Morgan fingerprint density at radius 2 is 1.89 bits per heavy atom. The summed E-state index contributed by atoms with van der Waals surface area (Å²) >= 11 is 0. The van der Waals surface area contributed by atoms with Gasteiger partial charge in [-0.2, -0.15) is 9.57 Å². The van der Waals surface area contributed by atoms with Crippen molar-refractivity contribution in [3.05, 3.63) is 59.2 Å². The number of hydrogen-bond donors (Lipinski definition) is 1. The van der Waals surface area contributed by atoms with E-state index in [1.54, 1.807) is 30.3 Å². The molecule has 0 radical (unpaired) electrons. The van der Waals surface area contributed by atoms with Crippen molar-refractivity contribution in [2.75, 3.05) is 26.7 Å². The Hall–Kier alpha value is -2.25. The molecule has 1 aliphatic heterocycles. The smallest absolute Gasteiger partial charge is 0.249 e. The van der Waals surface area contributed by atoms with Crippen molar-refractivity contribution in [1.82, 2.24) is 9.62 Å². The minimum Gasteiger partial charge on any atom is -0.496 e. The van der Waals surface area contributed by atoms with Crippen LogP contribution in [0.15, 0.2) is 41.3 Å². The average Bonchev–Trinajstić information content (AvgIpc) is 2.67. The van der Waals surface area contributed by atoms with Crippen molar-refractivity contribution in [2.24, 2.45) is 0 Å². The molecule has 0 amide bonds. The van der Waals surface area contributed by atoms with Crippen LogP contribution in [0.4, 0.5) is 8.78 Å². The molecule has 10 heteroatoms. The van der Waals surface area contributed by atoms with E-state index in [1.807, 2.05) is 0 Å². The first-order valence-corrected chi connectivity index (χ1v) is 9.58. The molecule has 0 saturated carbocycles. The van der Waals surface area contributed by atoms with Gasteiger partial charge >= 0.3 is 0 Å². The third-order valence-electron chi connectivity index (χ3n) is 4.39. The van der Waals surface area contributed by atoms with E-state index in [9.17, 15) is 17.2 Å². The molecule has 0 spiro atoms. The molecule has 3 rings (SSSR count). The van der Waals surface area contributed by atoms with Gasteiger partial charge < -0.3 is 10.1 Å². The van der Waals surface area contributed by atoms with Gasteiger partial charge in [0.2, 0.25) is 10.0 Å². The van der Waals surface area contributed by atoms with E-state index in [-0.39, 0.29) is 31.1 Å². The molecule has 0 bridgehead atoms. The summed E-state index contributed by atoms with van der Waals surface area (Å²) in [4.78, 5) is -1.05. The third kappa shape index (κ3) is 3.95. The number of nitriles is 1. The number of nitrogens with one attached hydrogen (secondary N) is 1. The van der Waals surface area contributed by atoms with Crippen molar-refractivity contribution in [1.29, 1.82) is 5.26 Å². The maximum absolute atomic E-state index is 14.4.